The van der Waals surface area contributed by atoms with Crippen LogP contribution in [0.3, 0.4) is 0 Å². The molecule has 2 aliphatic heterocycles. The van der Waals surface area contributed by atoms with E-state index in [0.717, 1.165) is 28.0 Å². The van der Waals surface area contributed by atoms with Gasteiger partial charge >= 0.3 is 6.18 Å². The van der Waals surface area contributed by atoms with Crippen LogP contribution in [0, 0.1) is 11.7 Å². The van der Waals surface area contributed by atoms with Crippen LogP contribution in [-0.2, 0) is 45.7 Å². The molecule has 2 saturated heterocycles. The van der Waals surface area contributed by atoms with Gasteiger partial charge in [0.05, 0.1) is 49.5 Å². The molecule has 0 saturated carbocycles. The van der Waals surface area contributed by atoms with Gasteiger partial charge in [0.2, 0.25) is 23.6 Å². The van der Waals surface area contributed by atoms with Crippen molar-refractivity contribution in [1.82, 2.24) is 34.5 Å². The van der Waals surface area contributed by atoms with Crippen LogP contribution >= 0.6 is 23.2 Å². The molecular weight excluding hydrogens is 881 g/mol. The second-order valence-electron chi connectivity index (χ2n) is 16.8. The first-order valence-corrected chi connectivity index (χ1v) is 21.4. The molecule has 2 N–H and O–H groups in total. The standard InChI is InChI=1S/C45H51Cl2F4N7O6/c1-27-41(61)53-36(25-59)43(63)56(5)44(20-28-7-11-31(46)12-8-28)15-6-16-57(26-44)42(62)30(21-45(49,50)51)17-40(60)58(27)23-34-35(48)18-32(47)19-38(34)64-33-13-9-29(10-14-33)37-22-52-39(55(37)4)24-54(2)3/h7-14,18-19,22,27,30,36,59H,6,15-17,20-21,23-26H2,1-5H3,(H,53,61)/t27-,30+,36-,44+/m0/s1. The molecule has 2 aliphatic rings. The normalized spacial score (nSPS) is 21.6. The number of alkyl halides is 3. The summed E-state index contributed by atoms with van der Waals surface area (Å²) in [7, 11) is 7.21. The van der Waals surface area contributed by atoms with Crippen LogP contribution in [0.1, 0.15) is 49.6 Å². The lowest BCUT2D eigenvalue weighted by Crippen LogP contribution is -2.65. The van der Waals surface area contributed by atoms with Crippen LogP contribution in [0.25, 0.3) is 11.3 Å². The number of ether oxygens (including phenoxy) is 1. The number of halogens is 6. The molecule has 2 fully saturated rings. The predicted octanol–water partition coefficient (Wildman–Crippen LogP) is 6.62. The number of aliphatic hydroxyl groups is 1. The van der Waals surface area contributed by atoms with E-state index in [1.54, 1.807) is 54.7 Å². The SMILES string of the molecule is C[C@H]1C(=O)N[C@@H](CO)C(=O)N(C)[C@@]2(Cc3ccc(Cl)cc3)CCCN(C2)C(=O)[C@@H](CC(F)(F)F)CC(=O)N1Cc1c(F)cc(Cl)cc1Oc1ccc(-c2cnc(CN(C)C)n2C)cc1. The quantitative estimate of drug-likeness (QED) is 0.160. The van der Waals surface area contributed by atoms with Gasteiger partial charge in [-0.05, 0) is 94.4 Å². The van der Waals surface area contributed by atoms with Crippen LogP contribution in [0.15, 0.2) is 66.9 Å². The zero-order chi connectivity index (χ0) is 46.7. The number of imidazole rings is 1. The maximum atomic E-state index is 16.1. The molecule has 4 amide bonds. The number of hydrogen-bond acceptors (Lipinski definition) is 8. The molecule has 4 atom stereocenters. The molecule has 344 valence electrons. The summed E-state index contributed by atoms with van der Waals surface area (Å²) in [5.41, 5.74) is 0.860. The van der Waals surface area contributed by atoms with E-state index in [-0.39, 0.29) is 48.0 Å². The highest BCUT2D eigenvalue weighted by molar-refractivity contribution is 6.31. The largest absolute Gasteiger partial charge is 0.457 e. The number of carbonyl (C=O) groups excluding carboxylic acids is 4. The number of fused-ring (bicyclic) bond motifs is 2. The molecular formula is C45H51Cl2F4N7O6. The highest BCUT2D eigenvalue weighted by atomic mass is 35.5. The summed E-state index contributed by atoms with van der Waals surface area (Å²) in [5.74, 6) is -5.75. The van der Waals surface area contributed by atoms with Crippen LogP contribution < -0.4 is 10.1 Å². The molecule has 64 heavy (non-hydrogen) atoms. The Morgan fingerprint density at radius 2 is 1.67 bits per heavy atom. The van der Waals surface area contributed by atoms with Crippen molar-refractivity contribution in [3.05, 3.63) is 99.7 Å². The Morgan fingerprint density at radius 1 is 0.984 bits per heavy atom. The first-order valence-electron chi connectivity index (χ1n) is 20.7. The van der Waals surface area contributed by atoms with Crippen LogP contribution in [0.2, 0.25) is 10.0 Å². The van der Waals surface area contributed by atoms with E-state index in [0.29, 0.717) is 23.6 Å². The molecule has 3 heterocycles. The molecule has 0 spiro atoms. The van der Waals surface area contributed by atoms with Crippen molar-refractivity contribution in [3.63, 3.8) is 0 Å². The fraction of sp³-hybridized carbons (Fsp3) is 0.444. The maximum Gasteiger partial charge on any atom is 0.389 e. The smallest absolute Gasteiger partial charge is 0.389 e. The van der Waals surface area contributed by atoms with Crippen molar-refractivity contribution in [3.8, 4) is 22.8 Å². The van der Waals surface area contributed by atoms with Gasteiger partial charge in [-0.1, -0.05) is 35.3 Å². The Kier molecular flexibility index (Phi) is 15.0. The van der Waals surface area contributed by atoms with E-state index in [2.05, 4.69) is 10.3 Å². The third-order valence-electron chi connectivity index (χ3n) is 11.9. The molecule has 1 aromatic heterocycles. The number of nitrogens with zero attached hydrogens (tertiary/aromatic N) is 6. The Hall–Kier alpha value is -5.23. The number of likely N-dealkylation sites (N-methyl/N-ethyl adjacent to an activating group) is 1. The van der Waals surface area contributed by atoms with Gasteiger partial charge in [-0.2, -0.15) is 13.2 Å². The highest BCUT2D eigenvalue weighted by Crippen LogP contribution is 2.37. The van der Waals surface area contributed by atoms with Crippen LogP contribution in [0.5, 0.6) is 11.5 Å². The Balaban J connectivity index is 1.35. The van der Waals surface area contributed by atoms with E-state index in [4.69, 9.17) is 27.9 Å². The molecule has 19 heteroatoms. The van der Waals surface area contributed by atoms with Gasteiger partial charge < -0.3 is 39.3 Å². The van der Waals surface area contributed by atoms with Gasteiger partial charge in [0.1, 0.15) is 35.2 Å². The minimum absolute atomic E-state index is 0.0449. The Labute approximate surface area is 378 Å². The summed E-state index contributed by atoms with van der Waals surface area (Å²) in [6, 6.07) is 12.7. The number of benzene rings is 3. The van der Waals surface area contributed by atoms with Crippen molar-refractivity contribution in [2.75, 3.05) is 40.8 Å². The first-order chi connectivity index (χ1) is 30.2. The molecule has 3 aromatic carbocycles. The number of rotatable bonds is 11. The van der Waals surface area contributed by atoms with Gasteiger partial charge in [0.25, 0.3) is 0 Å². The van der Waals surface area contributed by atoms with Gasteiger partial charge in [0.15, 0.2) is 0 Å². The van der Waals surface area contributed by atoms with Crippen molar-refractivity contribution < 1.29 is 46.6 Å². The zero-order valence-corrected chi connectivity index (χ0v) is 37.6. The second-order valence-corrected chi connectivity index (χ2v) is 17.7. The second kappa shape index (κ2) is 19.9. The van der Waals surface area contributed by atoms with Crippen LogP contribution in [0.4, 0.5) is 17.6 Å². The van der Waals surface area contributed by atoms with Gasteiger partial charge in [0, 0.05) is 54.8 Å². The summed E-state index contributed by atoms with van der Waals surface area (Å²) >= 11 is 12.4. The van der Waals surface area contributed by atoms with Crippen molar-refractivity contribution in [2.45, 2.75) is 75.9 Å². The van der Waals surface area contributed by atoms with Gasteiger partial charge in [-0.15, -0.1) is 0 Å². The number of nitrogens with one attached hydrogen (secondary N) is 1. The van der Waals surface area contributed by atoms with E-state index in [9.17, 15) is 37.5 Å². The Morgan fingerprint density at radius 3 is 2.31 bits per heavy atom. The molecule has 0 unspecified atom stereocenters. The van der Waals surface area contributed by atoms with Crippen molar-refractivity contribution in [1.29, 1.82) is 0 Å². The van der Waals surface area contributed by atoms with Crippen LogP contribution in [-0.4, -0.2) is 123 Å². The lowest BCUT2D eigenvalue weighted by Gasteiger charge is -2.50. The summed E-state index contributed by atoms with van der Waals surface area (Å²) in [5, 5.41) is 13.4. The number of aliphatic hydroxyl groups excluding tert-OH is 1. The fourth-order valence-electron chi connectivity index (χ4n) is 8.42. The average Bonchev–Trinajstić information content (AvgIpc) is 3.59. The third-order valence-corrected chi connectivity index (χ3v) is 12.4. The van der Waals surface area contributed by atoms with Gasteiger partial charge in [-0.3, -0.25) is 19.2 Å². The maximum absolute atomic E-state index is 16.1. The Bertz CT molecular complexity index is 2350. The van der Waals surface area contributed by atoms with Gasteiger partial charge in [-0.25, -0.2) is 9.37 Å². The molecule has 13 nitrogen and oxygen atoms in total. The monoisotopic (exact) mass is 931 g/mol. The van der Waals surface area contributed by atoms with E-state index in [1.807, 2.05) is 30.6 Å². The predicted molar refractivity (Wildman–Crippen MR) is 232 cm³/mol. The fourth-order valence-corrected chi connectivity index (χ4v) is 8.74. The highest BCUT2D eigenvalue weighted by Gasteiger charge is 2.47. The summed E-state index contributed by atoms with van der Waals surface area (Å²) in [6.07, 6.45) is -5.05. The lowest BCUT2D eigenvalue weighted by molar-refractivity contribution is -0.166. The van der Waals surface area contributed by atoms with E-state index in [1.165, 1.54) is 29.8 Å². The number of amides is 4. The van der Waals surface area contributed by atoms with E-state index < -0.39 is 85.2 Å². The number of aromatic nitrogens is 2. The molecule has 0 radical (unpaired) electrons. The molecule has 6 rings (SSSR count). The minimum Gasteiger partial charge on any atom is -0.457 e. The lowest BCUT2D eigenvalue weighted by atomic mass is 9.80. The summed E-state index contributed by atoms with van der Waals surface area (Å²) in [4.78, 5) is 67.0. The van der Waals surface area contributed by atoms with E-state index >= 15 is 4.39 Å². The molecule has 4 aromatic rings. The number of piperidine rings is 1. The molecule has 0 aliphatic carbocycles. The summed E-state index contributed by atoms with van der Waals surface area (Å²) in [6.45, 7) is 0.113. The number of hydrogen-bond donors (Lipinski definition) is 2. The zero-order valence-electron chi connectivity index (χ0n) is 36.1. The van der Waals surface area contributed by atoms with Crippen molar-refractivity contribution in [2.24, 2.45) is 13.0 Å². The number of carbonyl (C=O) groups is 4. The third kappa shape index (κ3) is 11.2. The minimum atomic E-state index is -4.89. The molecule has 2 bridgehead atoms. The topological polar surface area (TPSA) is 141 Å². The summed E-state index contributed by atoms with van der Waals surface area (Å²) < 4.78 is 67.1. The first kappa shape index (κ1) is 48.2. The average molecular weight is 933 g/mol. The van der Waals surface area contributed by atoms with Crippen molar-refractivity contribution >= 4 is 46.8 Å².